The van der Waals surface area contributed by atoms with Crippen LogP contribution in [0.3, 0.4) is 0 Å². The highest BCUT2D eigenvalue weighted by Crippen LogP contribution is 2.35. The number of fused-ring (bicyclic) bond motifs is 1. The number of rotatable bonds is 5. The molecular formula is C17H26N2O. The molecule has 0 fully saturated rings. The van der Waals surface area contributed by atoms with Gasteiger partial charge in [-0.3, -0.25) is 4.90 Å². The van der Waals surface area contributed by atoms with Crippen molar-refractivity contribution in [2.24, 2.45) is 5.73 Å². The molecule has 1 aromatic heterocycles. The number of furan rings is 1. The van der Waals surface area contributed by atoms with E-state index in [1.165, 1.54) is 10.9 Å². The highest BCUT2D eigenvalue weighted by Gasteiger charge is 2.31. The van der Waals surface area contributed by atoms with Gasteiger partial charge in [-0.1, -0.05) is 25.1 Å². The van der Waals surface area contributed by atoms with Crippen molar-refractivity contribution in [3.05, 3.63) is 35.6 Å². The van der Waals surface area contributed by atoms with E-state index in [0.717, 1.165) is 17.8 Å². The number of benzene rings is 1. The lowest BCUT2D eigenvalue weighted by molar-refractivity contribution is 0.100. The van der Waals surface area contributed by atoms with Crippen molar-refractivity contribution in [1.29, 1.82) is 0 Å². The molecular weight excluding hydrogens is 248 g/mol. The predicted octanol–water partition coefficient (Wildman–Crippen LogP) is 3.86. The van der Waals surface area contributed by atoms with E-state index in [2.05, 4.69) is 44.9 Å². The van der Waals surface area contributed by atoms with E-state index in [1.807, 2.05) is 19.1 Å². The fraction of sp³-hybridized carbons (Fsp3) is 0.529. The first kappa shape index (κ1) is 15.1. The molecule has 110 valence electrons. The average Bonchev–Trinajstić information content (AvgIpc) is 2.76. The summed E-state index contributed by atoms with van der Waals surface area (Å²) in [6.45, 7) is 9.35. The fourth-order valence-corrected chi connectivity index (χ4v) is 2.74. The molecule has 0 amide bonds. The van der Waals surface area contributed by atoms with Gasteiger partial charge in [0.05, 0.1) is 6.04 Å². The third-order valence-electron chi connectivity index (χ3n) is 4.66. The molecule has 2 rings (SSSR count). The molecule has 0 radical (unpaired) electrons. The second kappa shape index (κ2) is 5.58. The number of para-hydroxylation sites is 1. The summed E-state index contributed by atoms with van der Waals surface area (Å²) >= 11 is 0. The van der Waals surface area contributed by atoms with Crippen molar-refractivity contribution in [3.63, 3.8) is 0 Å². The van der Waals surface area contributed by atoms with Gasteiger partial charge in [-0.2, -0.15) is 0 Å². The van der Waals surface area contributed by atoms with Crippen molar-refractivity contribution in [1.82, 2.24) is 4.90 Å². The van der Waals surface area contributed by atoms with Gasteiger partial charge in [0.1, 0.15) is 11.3 Å². The van der Waals surface area contributed by atoms with Crippen LogP contribution in [-0.2, 0) is 0 Å². The van der Waals surface area contributed by atoms with E-state index in [0.29, 0.717) is 6.54 Å². The molecule has 0 aliphatic rings. The van der Waals surface area contributed by atoms with Gasteiger partial charge < -0.3 is 10.2 Å². The first-order valence-corrected chi connectivity index (χ1v) is 7.33. The third-order valence-corrected chi connectivity index (χ3v) is 4.66. The third kappa shape index (κ3) is 2.48. The van der Waals surface area contributed by atoms with Crippen molar-refractivity contribution in [2.45, 2.75) is 45.7 Å². The van der Waals surface area contributed by atoms with E-state index < -0.39 is 0 Å². The van der Waals surface area contributed by atoms with E-state index >= 15 is 0 Å². The van der Waals surface area contributed by atoms with Crippen molar-refractivity contribution in [3.8, 4) is 0 Å². The summed E-state index contributed by atoms with van der Waals surface area (Å²) < 4.78 is 5.90. The largest absolute Gasteiger partial charge is 0.461 e. The van der Waals surface area contributed by atoms with Crippen molar-refractivity contribution < 1.29 is 4.42 Å². The van der Waals surface area contributed by atoms with Crippen LogP contribution in [0.5, 0.6) is 0 Å². The Bertz CT molecular complexity index is 586. The van der Waals surface area contributed by atoms with E-state index in [9.17, 15) is 0 Å². The molecule has 3 nitrogen and oxygen atoms in total. The summed E-state index contributed by atoms with van der Waals surface area (Å²) in [5.41, 5.74) is 8.37. The summed E-state index contributed by atoms with van der Waals surface area (Å²) in [5.74, 6) is 0.973. The predicted molar refractivity (Wildman–Crippen MR) is 84.9 cm³/mol. The van der Waals surface area contributed by atoms with Gasteiger partial charge in [-0.15, -0.1) is 0 Å². The number of nitrogens with two attached hydrogens (primary N) is 1. The molecule has 0 saturated carbocycles. The van der Waals surface area contributed by atoms with Crippen LogP contribution in [0.15, 0.2) is 28.7 Å². The van der Waals surface area contributed by atoms with Gasteiger partial charge in [0, 0.05) is 23.0 Å². The van der Waals surface area contributed by atoms with Crippen LogP contribution in [0, 0.1) is 6.92 Å². The number of hydrogen-bond donors (Lipinski definition) is 1. The molecule has 1 aromatic carbocycles. The number of nitrogens with zero attached hydrogens (tertiary/aromatic N) is 1. The minimum atomic E-state index is 0.106. The second-order valence-electron chi connectivity index (χ2n) is 6.10. The molecule has 20 heavy (non-hydrogen) atoms. The Balaban J connectivity index is 2.52. The zero-order chi connectivity index (χ0) is 14.9. The Hall–Kier alpha value is -1.32. The fourth-order valence-electron chi connectivity index (χ4n) is 2.74. The summed E-state index contributed by atoms with van der Waals surface area (Å²) in [5, 5.41) is 1.18. The SMILES string of the molecule is CCC(C)(C)N(C)C(CN)c1c(C)oc2ccccc12. The molecule has 0 aliphatic heterocycles. The monoisotopic (exact) mass is 274 g/mol. The highest BCUT2D eigenvalue weighted by atomic mass is 16.3. The lowest BCUT2D eigenvalue weighted by Gasteiger charge is -2.40. The van der Waals surface area contributed by atoms with Gasteiger partial charge in [0.15, 0.2) is 0 Å². The number of aryl methyl sites for hydroxylation is 1. The Morgan fingerprint density at radius 1 is 1.30 bits per heavy atom. The second-order valence-corrected chi connectivity index (χ2v) is 6.10. The van der Waals surface area contributed by atoms with Crippen LogP contribution >= 0.6 is 0 Å². The Kier molecular flexibility index (Phi) is 4.21. The smallest absolute Gasteiger partial charge is 0.134 e. The Morgan fingerprint density at radius 2 is 1.95 bits per heavy atom. The minimum absolute atomic E-state index is 0.106. The van der Waals surface area contributed by atoms with Crippen LogP contribution in [-0.4, -0.2) is 24.0 Å². The van der Waals surface area contributed by atoms with Crippen LogP contribution in [0.1, 0.15) is 44.6 Å². The molecule has 2 N–H and O–H groups in total. The normalized spacial score (nSPS) is 14.2. The lowest BCUT2D eigenvalue weighted by Crippen LogP contribution is -2.45. The molecule has 0 saturated heterocycles. The van der Waals surface area contributed by atoms with Crippen LogP contribution in [0.4, 0.5) is 0 Å². The maximum Gasteiger partial charge on any atom is 0.134 e. The minimum Gasteiger partial charge on any atom is -0.461 e. The number of likely N-dealkylation sites (N-methyl/N-ethyl adjacent to an activating group) is 1. The van der Waals surface area contributed by atoms with Crippen LogP contribution < -0.4 is 5.73 Å². The van der Waals surface area contributed by atoms with Gasteiger partial charge in [-0.25, -0.2) is 0 Å². The van der Waals surface area contributed by atoms with Gasteiger partial charge in [0.2, 0.25) is 0 Å². The molecule has 3 heteroatoms. The summed E-state index contributed by atoms with van der Waals surface area (Å²) in [6, 6.07) is 8.38. The summed E-state index contributed by atoms with van der Waals surface area (Å²) in [7, 11) is 2.15. The van der Waals surface area contributed by atoms with Crippen molar-refractivity contribution >= 4 is 11.0 Å². The van der Waals surface area contributed by atoms with E-state index in [4.69, 9.17) is 10.2 Å². The van der Waals surface area contributed by atoms with Crippen LogP contribution in [0.2, 0.25) is 0 Å². The molecule has 0 bridgehead atoms. The maximum atomic E-state index is 6.09. The first-order chi connectivity index (χ1) is 9.42. The quantitative estimate of drug-likeness (QED) is 0.900. The topological polar surface area (TPSA) is 42.4 Å². The van der Waals surface area contributed by atoms with E-state index in [-0.39, 0.29) is 11.6 Å². The first-order valence-electron chi connectivity index (χ1n) is 7.33. The molecule has 1 heterocycles. The Morgan fingerprint density at radius 3 is 2.55 bits per heavy atom. The molecule has 1 atom stereocenters. The molecule has 1 unspecified atom stereocenters. The standard InChI is InChI=1S/C17H26N2O/c1-6-17(3,4)19(5)14(11-18)16-12(2)20-15-10-8-7-9-13(15)16/h7-10,14H,6,11,18H2,1-5H3. The zero-order valence-corrected chi connectivity index (χ0v) is 13.2. The van der Waals surface area contributed by atoms with Gasteiger partial charge >= 0.3 is 0 Å². The van der Waals surface area contributed by atoms with Crippen molar-refractivity contribution in [2.75, 3.05) is 13.6 Å². The van der Waals surface area contributed by atoms with Gasteiger partial charge in [0.25, 0.3) is 0 Å². The molecule has 0 spiro atoms. The number of hydrogen-bond acceptors (Lipinski definition) is 3. The average molecular weight is 274 g/mol. The lowest BCUT2D eigenvalue weighted by atomic mass is 9.93. The van der Waals surface area contributed by atoms with Gasteiger partial charge in [-0.05, 0) is 40.3 Å². The maximum absolute atomic E-state index is 6.09. The molecule has 0 aliphatic carbocycles. The van der Waals surface area contributed by atoms with E-state index in [1.54, 1.807) is 0 Å². The molecule has 2 aromatic rings. The van der Waals surface area contributed by atoms with Crippen LogP contribution in [0.25, 0.3) is 11.0 Å². The summed E-state index contributed by atoms with van der Waals surface area (Å²) in [6.07, 6.45) is 1.08. The zero-order valence-electron chi connectivity index (χ0n) is 13.2. The highest BCUT2D eigenvalue weighted by molar-refractivity contribution is 5.82. The summed E-state index contributed by atoms with van der Waals surface area (Å²) in [4.78, 5) is 2.37. The Labute approximate surface area is 121 Å².